The summed E-state index contributed by atoms with van der Waals surface area (Å²) in [4.78, 5) is 29.5. The number of nitrogens with zero attached hydrogens (tertiary/aromatic N) is 2. The minimum Gasteiger partial charge on any atom is -0.480 e. The van der Waals surface area contributed by atoms with Gasteiger partial charge in [0.2, 0.25) is 5.88 Å². The maximum atomic E-state index is 11.4. The molecule has 7 heteroatoms. The Kier molecular flexibility index (Phi) is 4.86. The molecule has 0 fully saturated rings. The summed E-state index contributed by atoms with van der Waals surface area (Å²) in [5, 5.41) is 0. The molecule has 1 rings (SSSR count). The number of esters is 2. The highest BCUT2D eigenvalue weighted by atomic mass is 16.6. The second-order valence-corrected chi connectivity index (χ2v) is 2.92. The average molecular weight is 240 g/mol. The van der Waals surface area contributed by atoms with Crippen molar-refractivity contribution in [1.29, 1.82) is 0 Å². The maximum Gasteiger partial charge on any atom is 0.358 e. The highest BCUT2D eigenvalue weighted by Crippen LogP contribution is 2.04. The summed E-state index contributed by atoms with van der Waals surface area (Å²) in [6, 6.07) is 0. The maximum absolute atomic E-state index is 11.4. The van der Waals surface area contributed by atoms with Gasteiger partial charge in [0.15, 0.2) is 5.69 Å². The van der Waals surface area contributed by atoms with E-state index in [0.29, 0.717) is 0 Å². The van der Waals surface area contributed by atoms with Gasteiger partial charge in [-0.2, -0.15) is 0 Å². The summed E-state index contributed by atoms with van der Waals surface area (Å²) in [6.45, 7) is 1.26. The zero-order chi connectivity index (χ0) is 12.7. The predicted octanol–water partition coefficient (Wildman–Crippen LogP) is 0.205. The Hall–Kier alpha value is -2.18. The first kappa shape index (κ1) is 12.9. The van der Waals surface area contributed by atoms with Crippen LogP contribution in [-0.4, -0.2) is 42.2 Å². The molecule has 0 aliphatic carbocycles. The van der Waals surface area contributed by atoms with Gasteiger partial charge in [0, 0.05) is 6.92 Å². The fourth-order valence-corrected chi connectivity index (χ4v) is 0.938. The number of hydrogen-bond donors (Lipinski definition) is 0. The Labute approximate surface area is 97.7 Å². The molecule has 7 nitrogen and oxygen atoms in total. The lowest BCUT2D eigenvalue weighted by molar-refractivity contribution is -0.142. The second kappa shape index (κ2) is 6.41. The highest BCUT2D eigenvalue weighted by molar-refractivity contribution is 5.86. The molecular weight excluding hydrogens is 228 g/mol. The van der Waals surface area contributed by atoms with Crippen molar-refractivity contribution >= 4 is 11.9 Å². The molecular formula is C10H12N2O5. The van der Waals surface area contributed by atoms with E-state index in [1.165, 1.54) is 26.4 Å². The molecule has 0 aromatic carbocycles. The molecule has 0 radical (unpaired) electrons. The molecule has 0 saturated carbocycles. The number of hydrogen-bond acceptors (Lipinski definition) is 7. The fourth-order valence-electron chi connectivity index (χ4n) is 0.938. The van der Waals surface area contributed by atoms with E-state index in [0.717, 1.165) is 0 Å². The van der Waals surface area contributed by atoms with Crippen molar-refractivity contribution in [2.24, 2.45) is 0 Å². The van der Waals surface area contributed by atoms with Crippen LogP contribution in [0.4, 0.5) is 0 Å². The van der Waals surface area contributed by atoms with E-state index in [-0.39, 0.29) is 24.8 Å². The minimum atomic E-state index is -0.649. The van der Waals surface area contributed by atoms with E-state index >= 15 is 0 Å². The van der Waals surface area contributed by atoms with Gasteiger partial charge in [-0.3, -0.25) is 9.78 Å². The second-order valence-electron chi connectivity index (χ2n) is 2.92. The molecule has 92 valence electrons. The zero-order valence-electron chi connectivity index (χ0n) is 9.50. The normalized spacial score (nSPS) is 9.53. The molecule has 0 aliphatic rings. The lowest BCUT2D eigenvalue weighted by Gasteiger charge is -2.04. The third-order valence-corrected chi connectivity index (χ3v) is 1.65. The average Bonchev–Trinajstić information content (AvgIpc) is 2.34. The van der Waals surface area contributed by atoms with Crippen molar-refractivity contribution in [1.82, 2.24) is 9.97 Å². The van der Waals surface area contributed by atoms with Gasteiger partial charge in [-0.15, -0.1) is 0 Å². The van der Waals surface area contributed by atoms with Crippen LogP contribution in [0.3, 0.4) is 0 Å². The first-order valence-corrected chi connectivity index (χ1v) is 4.80. The van der Waals surface area contributed by atoms with E-state index in [2.05, 4.69) is 14.7 Å². The van der Waals surface area contributed by atoms with Crippen molar-refractivity contribution in [3.63, 3.8) is 0 Å². The lowest BCUT2D eigenvalue weighted by atomic mass is 10.4. The summed E-state index contributed by atoms with van der Waals surface area (Å²) in [7, 11) is 1.42. The van der Waals surface area contributed by atoms with E-state index in [9.17, 15) is 9.59 Å². The topological polar surface area (TPSA) is 87.6 Å². The third kappa shape index (κ3) is 4.45. The molecule has 1 aromatic heterocycles. The van der Waals surface area contributed by atoms with Crippen LogP contribution in [0, 0.1) is 0 Å². The van der Waals surface area contributed by atoms with Gasteiger partial charge in [-0.1, -0.05) is 0 Å². The van der Waals surface area contributed by atoms with Crippen molar-refractivity contribution in [2.75, 3.05) is 20.3 Å². The monoisotopic (exact) mass is 240 g/mol. The summed E-state index contributed by atoms with van der Waals surface area (Å²) < 4.78 is 14.2. The van der Waals surface area contributed by atoms with Crippen LogP contribution in [0.5, 0.6) is 5.88 Å². The van der Waals surface area contributed by atoms with Crippen LogP contribution in [0.1, 0.15) is 17.4 Å². The van der Waals surface area contributed by atoms with E-state index in [1.807, 2.05) is 0 Å². The van der Waals surface area contributed by atoms with Crippen LogP contribution in [0.25, 0.3) is 0 Å². The predicted molar refractivity (Wildman–Crippen MR) is 55.5 cm³/mol. The molecule has 0 unspecified atom stereocenters. The molecule has 0 bridgehead atoms. The number of carbonyl (C=O) groups excluding carboxylic acids is 2. The summed E-state index contributed by atoms with van der Waals surface area (Å²) >= 11 is 0. The molecule has 0 saturated heterocycles. The Morgan fingerprint density at radius 2 is 1.94 bits per heavy atom. The van der Waals surface area contributed by atoms with Crippen molar-refractivity contribution in [2.45, 2.75) is 6.92 Å². The van der Waals surface area contributed by atoms with E-state index in [1.54, 1.807) is 0 Å². The lowest BCUT2D eigenvalue weighted by Crippen LogP contribution is -2.14. The van der Waals surface area contributed by atoms with Crippen LogP contribution in [0.15, 0.2) is 12.4 Å². The van der Waals surface area contributed by atoms with Gasteiger partial charge >= 0.3 is 11.9 Å². The largest absolute Gasteiger partial charge is 0.480 e. The van der Waals surface area contributed by atoms with Crippen LogP contribution < -0.4 is 4.74 Å². The highest BCUT2D eigenvalue weighted by Gasteiger charge is 2.10. The Bertz CT molecular complexity index is 407. The number of rotatable bonds is 5. The minimum absolute atomic E-state index is 0.0124. The van der Waals surface area contributed by atoms with Crippen molar-refractivity contribution in [3.05, 3.63) is 18.1 Å². The number of methoxy groups -OCH3 is 1. The fraction of sp³-hybridized carbons (Fsp3) is 0.400. The molecule has 17 heavy (non-hydrogen) atoms. The van der Waals surface area contributed by atoms with E-state index < -0.39 is 11.9 Å². The zero-order valence-corrected chi connectivity index (χ0v) is 9.50. The SMILES string of the molecule is COc1cncc(C(=O)OCCOC(C)=O)n1. The Balaban J connectivity index is 2.43. The van der Waals surface area contributed by atoms with Gasteiger partial charge < -0.3 is 14.2 Å². The number of aromatic nitrogens is 2. The third-order valence-electron chi connectivity index (χ3n) is 1.65. The summed E-state index contributed by atoms with van der Waals surface area (Å²) in [6.07, 6.45) is 2.63. The van der Waals surface area contributed by atoms with E-state index in [4.69, 9.17) is 9.47 Å². The molecule has 0 amide bonds. The van der Waals surface area contributed by atoms with Gasteiger partial charge in [0.1, 0.15) is 13.2 Å². The smallest absolute Gasteiger partial charge is 0.358 e. The van der Waals surface area contributed by atoms with Gasteiger partial charge in [-0.25, -0.2) is 9.78 Å². The van der Waals surface area contributed by atoms with Gasteiger partial charge in [0.25, 0.3) is 0 Å². The van der Waals surface area contributed by atoms with Crippen molar-refractivity contribution in [3.8, 4) is 5.88 Å². The number of ether oxygens (including phenoxy) is 3. The van der Waals surface area contributed by atoms with Crippen LogP contribution in [0.2, 0.25) is 0 Å². The molecule has 1 heterocycles. The summed E-state index contributed by atoms with van der Waals surface area (Å²) in [5.74, 6) is -0.856. The molecule has 0 N–H and O–H groups in total. The van der Waals surface area contributed by atoms with Crippen molar-refractivity contribution < 1.29 is 23.8 Å². The first-order chi connectivity index (χ1) is 8.13. The molecule has 1 aromatic rings. The van der Waals surface area contributed by atoms with Crippen LogP contribution in [-0.2, 0) is 14.3 Å². The molecule has 0 aliphatic heterocycles. The van der Waals surface area contributed by atoms with Gasteiger partial charge in [0.05, 0.1) is 19.5 Å². The Morgan fingerprint density at radius 1 is 1.24 bits per heavy atom. The number of carbonyl (C=O) groups is 2. The standard InChI is InChI=1S/C10H12N2O5/c1-7(13)16-3-4-17-10(14)8-5-11-6-9(12-8)15-2/h5-6H,3-4H2,1-2H3. The van der Waals surface area contributed by atoms with Crippen LogP contribution >= 0.6 is 0 Å². The molecule has 0 atom stereocenters. The first-order valence-electron chi connectivity index (χ1n) is 4.80. The van der Waals surface area contributed by atoms with Gasteiger partial charge in [-0.05, 0) is 0 Å². The Morgan fingerprint density at radius 3 is 2.59 bits per heavy atom. The quantitative estimate of drug-likeness (QED) is 0.536. The molecule has 0 spiro atoms. The summed E-state index contributed by atoms with van der Waals surface area (Å²) in [5.41, 5.74) is 0.0344.